The molecule has 0 spiro atoms. The number of carboxylic acids is 1. The van der Waals surface area contributed by atoms with Crippen LogP contribution in [0.2, 0.25) is 0 Å². The zero-order valence-electron chi connectivity index (χ0n) is 8.25. The summed E-state index contributed by atoms with van der Waals surface area (Å²) in [5.74, 6) is -2.54. The third kappa shape index (κ3) is 1.55. The van der Waals surface area contributed by atoms with Gasteiger partial charge in [-0.05, 0) is 18.1 Å². The third-order valence-electron chi connectivity index (χ3n) is 2.68. The molecule has 0 fully saturated rings. The molecule has 0 aliphatic carbocycles. The number of hydrogen-bond acceptors (Lipinski definition) is 4. The molecule has 2 rings (SSSR count). The van der Waals surface area contributed by atoms with Gasteiger partial charge in [0.1, 0.15) is 10.6 Å². The predicted octanol–water partition coefficient (Wildman–Crippen LogP) is 0.738. The van der Waals surface area contributed by atoms with Crippen LogP contribution in [0.1, 0.15) is 17.9 Å². The van der Waals surface area contributed by atoms with Crippen molar-refractivity contribution in [1.82, 2.24) is 0 Å². The second-order valence-electron chi connectivity index (χ2n) is 3.69. The van der Waals surface area contributed by atoms with Crippen LogP contribution >= 0.6 is 0 Å². The molecule has 1 heterocycles. The fourth-order valence-corrected chi connectivity index (χ4v) is 3.65. The maximum Gasteiger partial charge on any atom is 0.311 e. The monoisotopic (exact) mass is 242 g/mol. The Balaban J connectivity index is 2.72. The van der Waals surface area contributed by atoms with Gasteiger partial charge in [-0.15, -0.1) is 0 Å². The summed E-state index contributed by atoms with van der Waals surface area (Å²) in [5.41, 5.74) is 0.179. The SMILES string of the molecule is O=C(O)C1CCS(=O)(=O)c2c(O)cccc21. The number of aliphatic carboxylic acids is 1. The van der Waals surface area contributed by atoms with Crippen molar-refractivity contribution in [2.24, 2.45) is 0 Å². The number of fused-ring (bicyclic) bond motifs is 1. The lowest BCUT2D eigenvalue weighted by atomic mass is 9.96. The number of benzene rings is 1. The van der Waals surface area contributed by atoms with Crippen molar-refractivity contribution in [2.45, 2.75) is 17.2 Å². The summed E-state index contributed by atoms with van der Waals surface area (Å²) in [6, 6.07) is 4.14. The molecule has 1 aromatic carbocycles. The van der Waals surface area contributed by atoms with Crippen LogP contribution in [0.3, 0.4) is 0 Å². The van der Waals surface area contributed by atoms with Crippen molar-refractivity contribution in [1.29, 1.82) is 0 Å². The van der Waals surface area contributed by atoms with Crippen molar-refractivity contribution in [3.63, 3.8) is 0 Å². The first-order chi connectivity index (χ1) is 7.43. The highest BCUT2D eigenvalue weighted by Crippen LogP contribution is 2.38. The highest BCUT2D eigenvalue weighted by atomic mass is 32.2. The fraction of sp³-hybridized carbons (Fsp3) is 0.300. The molecule has 1 aliphatic rings. The average molecular weight is 242 g/mol. The van der Waals surface area contributed by atoms with Gasteiger partial charge in [-0.1, -0.05) is 12.1 Å². The van der Waals surface area contributed by atoms with E-state index in [0.717, 1.165) is 0 Å². The Kier molecular flexibility index (Phi) is 2.38. The Hall–Kier alpha value is -1.56. The molecule has 1 aromatic rings. The van der Waals surface area contributed by atoms with Gasteiger partial charge in [0.25, 0.3) is 0 Å². The van der Waals surface area contributed by atoms with E-state index in [1.165, 1.54) is 18.2 Å². The largest absolute Gasteiger partial charge is 0.507 e. The third-order valence-corrected chi connectivity index (χ3v) is 4.52. The molecular weight excluding hydrogens is 232 g/mol. The van der Waals surface area contributed by atoms with Crippen molar-refractivity contribution in [3.8, 4) is 5.75 Å². The van der Waals surface area contributed by atoms with Gasteiger partial charge in [-0.25, -0.2) is 8.42 Å². The van der Waals surface area contributed by atoms with Crippen LogP contribution in [0.4, 0.5) is 0 Å². The Morgan fingerprint density at radius 1 is 1.38 bits per heavy atom. The molecule has 0 amide bonds. The van der Waals surface area contributed by atoms with Gasteiger partial charge >= 0.3 is 5.97 Å². The van der Waals surface area contributed by atoms with Gasteiger partial charge in [-0.3, -0.25) is 4.79 Å². The van der Waals surface area contributed by atoms with Crippen molar-refractivity contribution >= 4 is 15.8 Å². The highest BCUT2D eigenvalue weighted by molar-refractivity contribution is 7.91. The van der Waals surface area contributed by atoms with Crippen LogP contribution in [-0.4, -0.2) is 30.4 Å². The molecule has 0 saturated carbocycles. The predicted molar refractivity (Wildman–Crippen MR) is 55.2 cm³/mol. The molecule has 1 atom stereocenters. The number of aromatic hydroxyl groups is 1. The van der Waals surface area contributed by atoms with E-state index in [4.69, 9.17) is 5.11 Å². The number of rotatable bonds is 1. The van der Waals surface area contributed by atoms with Gasteiger partial charge in [0.05, 0.1) is 11.7 Å². The summed E-state index contributed by atoms with van der Waals surface area (Å²) in [5, 5.41) is 18.5. The van der Waals surface area contributed by atoms with Crippen LogP contribution in [0, 0.1) is 0 Å². The molecule has 86 valence electrons. The first-order valence-corrected chi connectivity index (χ1v) is 6.36. The van der Waals surface area contributed by atoms with E-state index in [2.05, 4.69) is 0 Å². The highest BCUT2D eigenvalue weighted by Gasteiger charge is 2.36. The molecular formula is C10H10O5S. The minimum Gasteiger partial charge on any atom is -0.507 e. The van der Waals surface area contributed by atoms with Gasteiger partial charge in [0, 0.05) is 0 Å². The molecule has 2 N–H and O–H groups in total. The minimum atomic E-state index is -3.55. The molecule has 0 saturated heterocycles. The standard InChI is InChI=1S/C10H10O5S/c11-8-3-1-2-6-7(10(12)13)4-5-16(14,15)9(6)8/h1-3,7,11H,4-5H2,(H,12,13). The zero-order chi connectivity index (χ0) is 11.9. The van der Waals surface area contributed by atoms with E-state index >= 15 is 0 Å². The van der Waals surface area contributed by atoms with Crippen molar-refractivity contribution < 1.29 is 23.4 Å². The van der Waals surface area contributed by atoms with E-state index in [0.29, 0.717) is 0 Å². The Morgan fingerprint density at radius 3 is 2.69 bits per heavy atom. The van der Waals surface area contributed by atoms with Gasteiger partial charge < -0.3 is 10.2 Å². The molecule has 0 radical (unpaired) electrons. The van der Waals surface area contributed by atoms with Gasteiger partial charge in [0.2, 0.25) is 0 Å². The number of carbonyl (C=O) groups is 1. The Bertz CT molecular complexity index is 546. The average Bonchev–Trinajstić information content (AvgIpc) is 2.16. The first-order valence-electron chi connectivity index (χ1n) is 4.71. The van der Waals surface area contributed by atoms with Crippen LogP contribution in [0.25, 0.3) is 0 Å². The molecule has 0 aromatic heterocycles. The number of sulfone groups is 1. The quantitative estimate of drug-likeness (QED) is 0.757. The van der Waals surface area contributed by atoms with Crippen LogP contribution in [-0.2, 0) is 14.6 Å². The van der Waals surface area contributed by atoms with Gasteiger partial charge in [-0.2, -0.15) is 0 Å². The summed E-state index contributed by atoms with van der Waals surface area (Å²) in [6.07, 6.45) is 0.0497. The van der Waals surface area contributed by atoms with E-state index in [9.17, 15) is 18.3 Å². The summed E-state index contributed by atoms with van der Waals surface area (Å²) in [6.45, 7) is 0. The van der Waals surface area contributed by atoms with E-state index in [1.54, 1.807) is 0 Å². The minimum absolute atomic E-state index is 0.0497. The van der Waals surface area contributed by atoms with E-state index in [1.807, 2.05) is 0 Å². The Labute approximate surface area is 92.3 Å². The van der Waals surface area contributed by atoms with Gasteiger partial charge in [0.15, 0.2) is 9.84 Å². The molecule has 16 heavy (non-hydrogen) atoms. The molecule has 1 unspecified atom stereocenters. The lowest BCUT2D eigenvalue weighted by molar-refractivity contribution is -0.138. The lowest BCUT2D eigenvalue weighted by Gasteiger charge is -2.22. The number of hydrogen-bond donors (Lipinski definition) is 2. The molecule has 6 heteroatoms. The smallest absolute Gasteiger partial charge is 0.311 e. The second-order valence-corrected chi connectivity index (χ2v) is 5.74. The first kappa shape index (κ1) is 10.9. The number of phenolic OH excluding ortho intramolecular Hbond substituents is 1. The van der Waals surface area contributed by atoms with Crippen LogP contribution in [0.5, 0.6) is 5.75 Å². The van der Waals surface area contributed by atoms with Crippen LogP contribution < -0.4 is 0 Å². The van der Waals surface area contributed by atoms with Crippen LogP contribution in [0.15, 0.2) is 23.1 Å². The number of phenols is 1. The summed E-state index contributed by atoms with van der Waals surface area (Å²) in [4.78, 5) is 10.7. The molecule has 0 bridgehead atoms. The Morgan fingerprint density at radius 2 is 2.06 bits per heavy atom. The van der Waals surface area contributed by atoms with Crippen molar-refractivity contribution in [3.05, 3.63) is 23.8 Å². The zero-order valence-corrected chi connectivity index (χ0v) is 9.07. The topological polar surface area (TPSA) is 91.7 Å². The molecule has 5 nitrogen and oxygen atoms in total. The summed E-state index contributed by atoms with van der Waals surface area (Å²) < 4.78 is 23.4. The summed E-state index contributed by atoms with van der Waals surface area (Å²) in [7, 11) is -3.55. The maximum atomic E-state index is 11.7. The normalized spacial score (nSPS) is 22.4. The maximum absolute atomic E-state index is 11.7. The summed E-state index contributed by atoms with van der Waals surface area (Å²) >= 11 is 0. The molecule has 1 aliphatic heterocycles. The van der Waals surface area contributed by atoms with Crippen molar-refractivity contribution in [2.75, 3.05) is 5.75 Å². The fourth-order valence-electron chi connectivity index (χ4n) is 1.94. The second kappa shape index (κ2) is 3.48. The van der Waals surface area contributed by atoms with E-state index in [-0.39, 0.29) is 28.4 Å². The van der Waals surface area contributed by atoms with E-state index < -0.39 is 21.7 Å². The number of carboxylic acid groups (broad SMARTS) is 1. The lowest BCUT2D eigenvalue weighted by Crippen LogP contribution is -2.25.